The zero-order valence-corrected chi connectivity index (χ0v) is 14.8. The third-order valence-electron chi connectivity index (χ3n) is 3.44. The van der Waals surface area contributed by atoms with Gasteiger partial charge < -0.3 is 5.32 Å². The van der Waals surface area contributed by atoms with Crippen LogP contribution in [-0.4, -0.2) is 26.3 Å². The molecule has 8 nitrogen and oxygen atoms in total. The quantitative estimate of drug-likeness (QED) is 0.607. The number of nitrogens with one attached hydrogen (secondary N) is 2. The molecule has 2 aromatic rings. The highest BCUT2D eigenvalue weighted by Crippen LogP contribution is 2.29. The minimum atomic E-state index is -4.14. The summed E-state index contributed by atoms with van der Waals surface area (Å²) < 4.78 is 27.5. The molecule has 1 amide bonds. The number of hydrogen-bond acceptors (Lipinski definition) is 5. The average molecular weight is 384 g/mol. The molecule has 2 N–H and O–H groups in total. The van der Waals surface area contributed by atoms with Gasteiger partial charge in [0.25, 0.3) is 21.6 Å². The molecule has 10 heteroatoms. The molecule has 0 radical (unpaired) electrons. The van der Waals surface area contributed by atoms with Gasteiger partial charge in [-0.15, -0.1) is 0 Å². The summed E-state index contributed by atoms with van der Waals surface area (Å²) in [5, 5.41) is 13.5. The number of carbonyl (C=O) groups excluding carboxylic acids is 1. The Morgan fingerprint density at radius 2 is 1.92 bits per heavy atom. The summed E-state index contributed by atoms with van der Waals surface area (Å²) in [5.41, 5.74) is -0.110. The second kappa shape index (κ2) is 7.08. The molecule has 0 aliphatic rings. The van der Waals surface area contributed by atoms with Gasteiger partial charge in [0, 0.05) is 24.2 Å². The van der Waals surface area contributed by atoms with Gasteiger partial charge in [0.05, 0.1) is 20.5 Å². The highest BCUT2D eigenvalue weighted by molar-refractivity contribution is 7.92. The SMILES string of the molecule is CNC(=O)c1ccc(Cl)c(NS(=O)(=O)c2cccc([N+](=O)[O-])c2C)c1. The molecule has 0 spiro atoms. The maximum Gasteiger partial charge on any atom is 0.273 e. The molecule has 25 heavy (non-hydrogen) atoms. The number of nitro groups is 1. The average Bonchev–Trinajstić information content (AvgIpc) is 2.55. The van der Waals surface area contributed by atoms with Gasteiger partial charge in [-0.3, -0.25) is 19.6 Å². The van der Waals surface area contributed by atoms with Crippen LogP contribution in [0.1, 0.15) is 15.9 Å². The van der Waals surface area contributed by atoms with Crippen LogP contribution in [0.5, 0.6) is 0 Å². The Labute approximate surface area is 149 Å². The molecule has 0 saturated heterocycles. The van der Waals surface area contributed by atoms with Crippen molar-refractivity contribution in [1.29, 1.82) is 0 Å². The van der Waals surface area contributed by atoms with Gasteiger partial charge in [-0.2, -0.15) is 0 Å². The third-order valence-corrected chi connectivity index (χ3v) is 5.28. The van der Waals surface area contributed by atoms with Crippen LogP contribution in [0.3, 0.4) is 0 Å². The zero-order valence-electron chi connectivity index (χ0n) is 13.2. The molecule has 0 fully saturated rings. The molecule has 0 unspecified atom stereocenters. The summed E-state index contributed by atoms with van der Waals surface area (Å²) in [6.45, 7) is 1.34. The van der Waals surface area contributed by atoms with Crippen LogP contribution >= 0.6 is 11.6 Å². The molecule has 2 rings (SSSR count). The van der Waals surface area contributed by atoms with Crippen molar-refractivity contribution < 1.29 is 18.1 Å². The van der Waals surface area contributed by atoms with Gasteiger partial charge >= 0.3 is 0 Å². The smallest absolute Gasteiger partial charge is 0.273 e. The van der Waals surface area contributed by atoms with E-state index in [0.717, 1.165) is 0 Å². The zero-order chi connectivity index (χ0) is 18.8. The Morgan fingerprint density at radius 1 is 1.24 bits per heavy atom. The Bertz CT molecular complexity index is 960. The fraction of sp³-hybridized carbons (Fsp3) is 0.133. The molecule has 0 bridgehead atoms. The fourth-order valence-electron chi connectivity index (χ4n) is 2.18. The molecule has 0 aromatic heterocycles. The topological polar surface area (TPSA) is 118 Å². The van der Waals surface area contributed by atoms with Gasteiger partial charge in [0.15, 0.2) is 0 Å². The highest BCUT2D eigenvalue weighted by Gasteiger charge is 2.24. The molecule has 132 valence electrons. The molecule has 0 aliphatic carbocycles. The Kier molecular flexibility index (Phi) is 5.29. The van der Waals surface area contributed by atoms with Gasteiger partial charge in [-0.1, -0.05) is 17.7 Å². The lowest BCUT2D eigenvalue weighted by Gasteiger charge is -2.12. The number of nitrogens with zero attached hydrogens (tertiary/aromatic N) is 1. The van der Waals surface area contributed by atoms with E-state index < -0.39 is 20.9 Å². The number of nitro benzene ring substituents is 1. The van der Waals surface area contributed by atoms with E-state index in [9.17, 15) is 23.3 Å². The minimum absolute atomic E-state index is 0.00132. The van der Waals surface area contributed by atoms with Crippen molar-refractivity contribution >= 4 is 38.9 Å². The van der Waals surface area contributed by atoms with E-state index in [-0.39, 0.29) is 32.4 Å². The Morgan fingerprint density at radius 3 is 2.52 bits per heavy atom. The second-order valence-electron chi connectivity index (χ2n) is 5.04. The molecule has 2 aromatic carbocycles. The number of halogens is 1. The van der Waals surface area contributed by atoms with Gasteiger partial charge in [-0.25, -0.2) is 8.42 Å². The lowest BCUT2D eigenvalue weighted by molar-refractivity contribution is -0.385. The minimum Gasteiger partial charge on any atom is -0.355 e. The predicted octanol–water partition coefficient (Wildman–Crippen LogP) is 2.72. The van der Waals surface area contributed by atoms with Crippen molar-refractivity contribution in [3.05, 3.63) is 62.7 Å². The van der Waals surface area contributed by atoms with Crippen LogP contribution in [0.2, 0.25) is 5.02 Å². The molecular weight excluding hydrogens is 370 g/mol. The number of hydrogen-bond donors (Lipinski definition) is 2. The molecule has 0 aliphatic heterocycles. The number of carbonyl (C=O) groups is 1. The van der Waals surface area contributed by atoms with E-state index in [1.165, 1.54) is 50.4 Å². The first-order valence-electron chi connectivity index (χ1n) is 6.96. The van der Waals surface area contributed by atoms with E-state index >= 15 is 0 Å². The molecular formula is C15H14ClN3O5S. The first-order valence-corrected chi connectivity index (χ1v) is 8.82. The monoisotopic (exact) mass is 383 g/mol. The van der Waals surface area contributed by atoms with Crippen molar-refractivity contribution in [3.63, 3.8) is 0 Å². The van der Waals surface area contributed by atoms with E-state index in [4.69, 9.17) is 11.6 Å². The van der Waals surface area contributed by atoms with Crippen LogP contribution in [0.15, 0.2) is 41.3 Å². The largest absolute Gasteiger partial charge is 0.355 e. The summed E-state index contributed by atoms with van der Waals surface area (Å²) >= 11 is 5.99. The lowest BCUT2D eigenvalue weighted by atomic mass is 10.2. The number of benzene rings is 2. The van der Waals surface area contributed by atoms with Crippen molar-refractivity contribution in [2.45, 2.75) is 11.8 Å². The number of amides is 1. The molecule has 0 saturated carbocycles. The Hall–Kier alpha value is -2.65. The third kappa shape index (κ3) is 3.89. The van der Waals surface area contributed by atoms with E-state index in [0.29, 0.717) is 0 Å². The molecule has 0 heterocycles. The fourth-order valence-corrected chi connectivity index (χ4v) is 3.74. The van der Waals surface area contributed by atoms with Crippen molar-refractivity contribution in [1.82, 2.24) is 5.32 Å². The van der Waals surface area contributed by atoms with E-state index in [1.54, 1.807) is 0 Å². The first-order chi connectivity index (χ1) is 11.7. The van der Waals surface area contributed by atoms with Crippen molar-refractivity contribution in [2.24, 2.45) is 0 Å². The van der Waals surface area contributed by atoms with Gasteiger partial charge in [-0.05, 0) is 31.2 Å². The number of anilines is 1. The second-order valence-corrected chi connectivity index (χ2v) is 7.09. The lowest BCUT2D eigenvalue weighted by Crippen LogP contribution is -2.19. The maximum atomic E-state index is 12.6. The van der Waals surface area contributed by atoms with Crippen LogP contribution in [0.4, 0.5) is 11.4 Å². The van der Waals surface area contributed by atoms with Crippen molar-refractivity contribution in [3.8, 4) is 0 Å². The molecule has 0 atom stereocenters. The summed E-state index contributed by atoms with van der Waals surface area (Å²) in [7, 11) is -2.70. The van der Waals surface area contributed by atoms with Crippen molar-refractivity contribution in [2.75, 3.05) is 11.8 Å². The predicted molar refractivity (Wildman–Crippen MR) is 93.5 cm³/mol. The number of rotatable bonds is 5. The van der Waals surface area contributed by atoms with Crippen LogP contribution in [-0.2, 0) is 10.0 Å². The van der Waals surface area contributed by atoms with E-state index in [1.807, 2.05) is 0 Å². The maximum absolute atomic E-state index is 12.6. The van der Waals surface area contributed by atoms with Crippen LogP contribution < -0.4 is 10.0 Å². The first kappa shape index (κ1) is 18.7. The normalized spacial score (nSPS) is 11.0. The summed E-state index contributed by atoms with van der Waals surface area (Å²) in [4.78, 5) is 21.8. The Balaban J connectivity index is 2.48. The van der Waals surface area contributed by atoms with Gasteiger partial charge in [0.2, 0.25) is 0 Å². The number of sulfonamides is 1. The van der Waals surface area contributed by atoms with Gasteiger partial charge in [0.1, 0.15) is 0 Å². The highest BCUT2D eigenvalue weighted by atomic mass is 35.5. The summed E-state index contributed by atoms with van der Waals surface area (Å²) in [5.74, 6) is -0.413. The van der Waals surface area contributed by atoms with Crippen LogP contribution in [0, 0.1) is 17.0 Å². The summed E-state index contributed by atoms with van der Waals surface area (Å²) in [6, 6.07) is 7.85. The van der Waals surface area contributed by atoms with E-state index in [2.05, 4.69) is 10.0 Å². The van der Waals surface area contributed by atoms with Crippen LogP contribution in [0.25, 0.3) is 0 Å². The summed E-state index contributed by atoms with van der Waals surface area (Å²) in [6.07, 6.45) is 0. The standard InChI is InChI=1S/C15H14ClN3O5S/c1-9-13(19(21)22)4-3-5-14(9)25(23,24)18-12-8-10(15(20)17-2)6-7-11(12)16/h3-8,18H,1-2H3,(H,17,20).